The number of nitrogens with zero attached hydrogens (tertiary/aromatic N) is 5. The quantitative estimate of drug-likeness (QED) is 0.498. The molecule has 0 saturated heterocycles. The number of hydrogen-bond donors (Lipinski definition) is 2. The molecule has 5 rings (SSSR count). The van der Waals surface area contributed by atoms with Crippen molar-refractivity contribution in [1.82, 2.24) is 29.7 Å². The number of nitrogens with one attached hydrogen (secondary N) is 2. The number of ether oxygens (including phenoxy) is 1. The van der Waals surface area contributed by atoms with Crippen LogP contribution in [0.4, 0.5) is 5.82 Å². The molecular formula is C21H19N7O2. The summed E-state index contributed by atoms with van der Waals surface area (Å²) in [6, 6.07) is 7.75. The summed E-state index contributed by atoms with van der Waals surface area (Å²) in [5.41, 5.74) is 3.86. The van der Waals surface area contributed by atoms with Crippen LogP contribution in [0, 0.1) is 6.92 Å². The minimum Gasteiger partial charge on any atom is -0.489 e. The Morgan fingerprint density at radius 2 is 2.17 bits per heavy atom. The predicted octanol–water partition coefficient (Wildman–Crippen LogP) is 2.89. The monoisotopic (exact) mass is 401 g/mol. The van der Waals surface area contributed by atoms with Crippen molar-refractivity contribution in [2.75, 3.05) is 11.9 Å². The molecule has 1 aliphatic heterocycles. The lowest BCUT2D eigenvalue weighted by Crippen LogP contribution is -2.25. The molecule has 4 heterocycles. The molecule has 4 aromatic rings. The summed E-state index contributed by atoms with van der Waals surface area (Å²) in [5.74, 6) is 1.57. The molecule has 0 bridgehead atoms. The Balaban J connectivity index is 1.68. The maximum atomic E-state index is 12.7. The molecule has 0 saturated carbocycles. The summed E-state index contributed by atoms with van der Waals surface area (Å²) in [6.45, 7) is 6.03. The van der Waals surface area contributed by atoms with Crippen LogP contribution >= 0.6 is 0 Å². The molecule has 1 aliphatic rings. The number of imidazole rings is 1. The van der Waals surface area contributed by atoms with Crippen LogP contribution in [0.2, 0.25) is 0 Å². The van der Waals surface area contributed by atoms with Crippen LogP contribution in [0.3, 0.4) is 0 Å². The van der Waals surface area contributed by atoms with Crippen LogP contribution in [-0.2, 0) is 4.79 Å². The largest absolute Gasteiger partial charge is 0.489 e. The third kappa shape index (κ3) is 2.83. The first-order valence-corrected chi connectivity index (χ1v) is 9.53. The van der Waals surface area contributed by atoms with E-state index in [9.17, 15) is 4.79 Å². The number of anilines is 1. The number of aromatic nitrogens is 6. The number of amides is 1. The molecule has 0 aliphatic carbocycles. The molecule has 3 aromatic heterocycles. The van der Waals surface area contributed by atoms with E-state index in [2.05, 4.69) is 31.8 Å². The van der Waals surface area contributed by atoms with Crippen LogP contribution < -0.4 is 10.1 Å². The Kier molecular flexibility index (Phi) is 4.27. The van der Waals surface area contributed by atoms with E-state index >= 15 is 0 Å². The van der Waals surface area contributed by atoms with Gasteiger partial charge in [0, 0.05) is 23.5 Å². The molecule has 9 heteroatoms. The fourth-order valence-electron chi connectivity index (χ4n) is 3.93. The average molecular weight is 401 g/mol. The zero-order valence-corrected chi connectivity index (χ0v) is 16.3. The third-order valence-electron chi connectivity index (χ3n) is 5.16. The normalized spacial score (nSPS) is 15.6. The van der Waals surface area contributed by atoms with Gasteiger partial charge in [-0.25, -0.2) is 15.0 Å². The van der Waals surface area contributed by atoms with Gasteiger partial charge in [-0.1, -0.05) is 30.9 Å². The van der Waals surface area contributed by atoms with Crippen molar-refractivity contribution >= 4 is 22.9 Å². The van der Waals surface area contributed by atoms with Crippen molar-refractivity contribution in [1.29, 1.82) is 0 Å². The van der Waals surface area contributed by atoms with Gasteiger partial charge in [-0.2, -0.15) is 9.78 Å². The summed E-state index contributed by atoms with van der Waals surface area (Å²) in [6.07, 6.45) is 4.99. The van der Waals surface area contributed by atoms with Crippen LogP contribution in [0.5, 0.6) is 5.75 Å². The fraction of sp³-hybridized carbons (Fsp3) is 0.190. The predicted molar refractivity (Wildman–Crippen MR) is 111 cm³/mol. The van der Waals surface area contributed by atoms with Gasteiger partial charge in [0.15, 0.2) is 11.5 Å². The van der Waals surface area contributed by atoms with E-state index in [4.69, 9.17) is 9.84 Å². The maximum absolute atomic E-state index is 12.7. The van der Waals surface area contributed by atoms with Crippen LogP contribution in [0.15, 0.2) is 49.6 Å². The standard InChI is InChI=1S/C21H19N7O2/c1-3-8-30-15-7-5-4-6-13(15)14-9-16(29)26-20-17(14)12(2)27-28(20)21-18-19(23-10-22-18)24-11-25-21/h3-7,10-11,14H,1,8-9H2,2H3,(H,26,29)(H,22,23,24,25). The SMILES string of the molecule is C=CCOc1ccccc1C1CC(=O)Nc2c1c(C)nn2-c1ncnc2nc[nH]c12. The van der Waals surface area contributed by atoms with Gasteiger partial charge in [0.1, 0.15) is 30.0 Å². The summed E-state index contributed by atoms with van der Waals surface area (Å²) >= 11 is 0. The summed E-state index contributed by atoms with van der Waals surface area (Å²) in [7, 11) is 0. The molecule has 150 valence electrons. The van der Waals surface area contributed by atoms with Crippen molar-refractivity contribution in [2.24, 2.45) is 0 Å². The zero-order valence-electron chi connectivity index (χ0n) is 16.3. The van der Waals surface area contributed by atoms with Crippen molar-refractivity contribution in [3.63, 3.8) is 0 Å². The van der Waals surface area contributed by atoms with Crippen LogP contribution in [-0.4, -0.2) is 42.2 Å². The molecular weight excluding hydrogens is 382 g/mol. The zero-order chi connectivity index (χ0) is 20.7. The topological polar surface area (TPSA) is 111 Å². The van der Waals surface area contributed by atoms with E-state index in [1.807, 2.05) is 31.2 Å². The van der Waals surface area contributed by atoms with E-state index in [-0.39, 0.29) is 11.8 Å². The second-order valence-electron chi connectivity index (χ2n) is 7.00. The molecule has 30 heavy (non-hydrogen) atoms. The minimum atomic E-state index is -0.192. The van der Waals surface area contributed by atoms with Gasteiger partial charge >= 0.3 is 0 Å². The van der Waals surface area contributed by atoms with Crippen molar-refractivity contribution in [2.45, 2.75) is 19.3 Å². The average Bonchev–Trinajstić information content (AvgIpc) is 3.36. The van der Waals surface area contributed by atoms with Crippen molar-refractivity contribution in [3.8, 4) is 11.6 Å². The summed E-state index contributed by atoms with van der Waals surface area (Å²) in [4.78, 5) is 28.5. The molecule has 1 atom stereocenters. The molecule has 1 unspecified atom stereocenters. The molecule has 9 nitrogen and oxygen atoms in total. The number of aromatic amines is 1. The van der Waals surface area contributed by atoms with Gasteiger partial charge < -0.3 is 15.0 Å². The second kappa shape index (κ2) is 7.11. The Hall–Kier alpha value is -4.01. The molecule has 1 amide bonds. The number of rotatable bonds is 5. The van der Waals surface area contributed by atoms with E-state index < -0.39 is 0 Å². The Morgan fingerprint density at radius 1 is 1.30 bits per heavy atom. The van der Waals surface area contributed by atoms with Gasteiger partial charge in [0.2, 0.25) is 5.91 Å². The molecule has 2 N–H and O–H groups in total. The fourth-order valence-corrected chi connectivity index (χ4v) is 3.93. The minimum absolute atomic E-state index is 0.0953. The number of para-hydroxylation sites is 1. The smallest absolute Gasteiger partial charge is 0.226 e. The molecule has 1 aromatic carbocycles. The first-order valence-electron chi connectivity index (χ1n) is 9.53. The van der Waals surface area contributed by atoms with Crippen molar-refractivity contribution < 1.29 is 9.53 Å². The lowest BCUT2D eigenvalue weighted by atomic mass is 9.85. The highest BCUT2D eigenvalue weighted by atomic mass is 16.5. The molecule has 0 spiro atoms. The number of benzene rings is 1. The van der Waals surface area contributed by atoms with E-state index in [0.717, 1.165) is 22.6 Å². The second-order valence-corrected chi connectivity index (χ2v) is 7.00. The van der Waals surface area contributed by atoms with Gasteiger partial charge in [-0.15, -0.1) is 0 Å². The number of carbonyl (C=O) groups excluding carboxylic acids is 1. The first kappa shape index (κ1) is 18.0. The van der Waals surface area contributed by atoms with Crippen molar-refractivity contribution in [3.05, 3.63) is 66.4 Å². The molecule has 0 fully saturated rings. The number of fused-ring (bicyclic) bond motifs is 2. The summed E-state index contributed by atoms with van der Waals surface area (Å²) in [5, 5.41) is 7.68. The Bertz CT molecular complexity index is 1270. The third-order valence-corrected chi connectivity index (χ3v) is 5.16. The Labute approximate surface area is 171 Å². The number of hydrogen-bond acceptors (Lipinski definition) is 6. The van der Waals surface area contributed by atoms with Gasteiger partial charge in [-0.3, -0.25) is 4.79 Å². The summed E-state index contributed by atoms with van der Waals surface area (Å²) < 4.78 is 7.50. The van der Waals surface area contributed by atoms with E-state index in [1.54, 1.807) is 17.1 Å². The molecule has 0 radical (unpaired) electrons. The Morgan fingerprint density at radius 3 is 3.03 bits per heavy atom. The van der Waals surface area contributed by atoms with Crippen LogP contribution in [0.1, 0.15) is 29.2 Å². The number of H-pyrrole nitrogens is 1. The lowest BCUT2D eigenvalue weighted by Gasteiger charge is -2.25. The van der Waals surface area contributed by atoms with Gasteiger partial charge in [0.25, 0.3) is 0 Å². The highest BCUT2D eigenvalue weighted by molar-refractivity contribution is 5.95. The van der Waals surface area contributed by atoms with Crippen LogP contribution in [0.25, 0.3) is 17.0 Å². The number of carbonyl (C=O) groups is 1. The van der Waals surface area contributed by atoms with Gasteiger partial charge in [0.05, 0.1) is 12.0 Å². The van der Waals surface area contributed by atoms with E-state index in [1.165, 1.54) is 6.33 Å². The maximum Gasteiger partial charge on any atom is 0.226 e. The number of aryl methyl sites for hydroxylation is 1. The highest BCUT2D eigenvalue weighted by Crippen LogP contribution is 2.43. The highest BCUT2D eigenvalue weighted by Gasteiger charge is 2.34. The van der Waals surface area contributed by atoms with Gasteiger partial charge in [-0.05, 0) is 13.0 Å². The first-order chi connectivity index (χ1) is 14.7. The lowest BCUT2D eigenvalue weighted by molar-refractivity contribution is -0.116. The van der Waals surface area contributed by atoms with E-state index in [0.29, 0.717) is 35.8 Å².